The summed E-state index contributed by atoms with van der Waals surface area (Å²) in [7, 11) is 0. The second-order valence-electron chi connectivity index (χ2n) is 7.96. The molecule has 0 heterocycles. The number of ketones is 1. The first-order chi connectivity index (χ1) is 16.3. The number of nitrogens with one attached hydrogen (secondary N) is 2. The van der Waals surface area contributed by atoms with Crippen molar-refractivity contribution >= 4 is 23.2 Å². The van der Waals surface area contributed by atoms with Crippen LogP contribution in [0.3, 0.4) is 0 Å². The Balaban J connectivity index is 1.77. The normalized spacial score (nSPS) is 11.7. The van der Waals surface area contributed by atoms with E-state index in [0.29, 0.717) is 12.1 Å². The number of halogens is 6. The van der Waals surface area contributed by atoms with Gasteiger partial charge in [-0.15, -0.1) is 0 Å². The molecule has 35 heavy (non-hydrogen) atoms. The number of anilines is 2. The molecule has 0 aliphatic carbocycles. The molecule has 0 aromatic heterocycles. The average molecular weight is 494 g/mol. The first-order valence-electron chi connectivity index (χ1n) is 10.3. The van der Waals surface area contributed by atoms with Gasteiger partial charge in [0.1, 0.15) is 5.78 Å². The average Bonchev–Trinajstić information content (AvgIpc) is 2.72. The maximum absolute atomic E-state index is 13.4. The highest BCUT2D eigenvalue weighted by molar-refractivity contribution is 6.00. The van der Waals surface area contributed by atoms with E-state index in [1.165, 1.54) is 12.1 Å². The fourth-order valence-corrected chi connectivity index (χ4v) is 3.44. The monoisotopic (exact) mass is 494 g/mol. The van der Waals surface area contributed by atoms with Gasteiger partial charge in [-0.3, -0.25) is 4.79 Å². The zero-order valence-corrected chi connectivity index (χ0v) is 18.3. The van der Waals surface area contributed by atoms with Crippen LogP contribution in [0.2, 0.25) is 0 Å². The van der Waals surface area contributed by atoms with Gasteiger partial charge in [-0.25, -0.2) is 4.79 Å². The van der Waals surface area contributed by atoms with Crippen molar-refractivity contribution < 1.29 is 35.9 Å². The van der Waals surface area contributed by atoms with Crippen LogP contribution in [0.5, 0.6) is 0 Å². The summed E-state index contributed by atoms with van der Waals surface area (Å²) < 4.78 is 78.7. The summed E-state index contributed by atoms with van der Waals surface area (Å²) in [6, 6.07) is 12.6. The topological polar surface area (TPSA) is 58.2 Å². The van der Waals surface area contributed by atoms with Crippen molar-refractivity contribution in [1.82, 2.24) is 0 Å². The maximum Gasteiger partial charge on any atom is 0.416 e. The van der Waals surface area contributed by atoms with E-state index in [2.05, 4.69) is 10.6 Å². The summed E-state index contributed by atoms with van der Waals surface area (Å²) in [5.41, 5.74) is -0.836. The van der Waals surface area contributed by atoms with E-state index < -0.39 is 29.5 Å². The number of hydrogen-bond acceptors (Lipinski definition) is 2. The number of amides is 2. The number of alkyl halides is 6. The predicted molar refractivity (Wildman–Crippen MR) is 119 cm³/mol. The molecule has 0 aliphatic rings. The van der Waals surface area contributed by atoms with Gasteiger partial charge in [-0.05, 0) is 54.4 Å². The van der Waals surface area contributed by atoms with Gasteiger partial charge in [-0.2, -0.15) is 26.3 Å². The first-order valence-corrected chi connectivity index (χ1v) is 10.3. The number of urea groups is 1. The highest BCUT2D eigenvalue weighted by Gasteiger charge is 2.32. The Hall–Kier alpha value is -3.82. The molecule has 0 spiro atoms. The molecule has 0 aliphatic heterocycles. The molecule has 0 saturated heterocycles. The van der Waals surface area contributed by atoms with Gasteiger partial charge in [0.25, 0.3) is 0 Å². The number of benzene rings is 3. The molecule has 184 valence electrons. The molecular formula is C25H20F6N2O2. The lowest BCUT2D eigenvalue weighted by atomic mass is 9.99. The number of carbonyl (C=O) groups is 2. The highest BCUT2D eigenvalue weighted by atomic mass is 19.4. The van der Waals surface area contributed by atoms with Crippen molar-refractivity contribution in [2.75, 3.05) is 10.6 Å². The van der Waals surface area contributed by atoms with Crippen LogP contribution in [-0.2, 0) is 30.0 Å². The quantitative estimate of drug-likeness (QED) is 0.362. The van der Waals surface area contributed by atoms with Crippen molar-refractivity contribution in [1.29, 1.82) is 0 Å². The van der Waals surface area contributed by atoms with Crippen molar-refractivity contribution in [3.63, 3.8) is 0 Å². The van der Waals surface area contributed by atoms with E-state index in [0.717, 1.165) is 29.3 Å². The van der Waals surface area contributed by atoms with Crippen LogP contribution < -0.4 is 10.6 Å². The number of hydrogen-bond donors (Lipinski definition) is 2. The molecule has 2 N–H and O–H groups in total. The Morgan fingerprint density at radius 2 is 1.29 bits per heavy atom. The van der Waals surface area contributed by atoms with Crippen LogP contribution in [0.1, 0.15) is 27.8 Å². The zero-order valence-electron chi connectivity index (χ0n) is 18.3. The van der Waals surface area contributed by atoms with Crippen LogP contribution in [0.4, 0.5) is 42.5 Å². The van der Waals surface area contributed by atoms with Crippen LogP contribution in [0.25, 0.3) is 0 Å². The Kier molecular flexibility index (Phi) is 7.52. The molecule has 0 unspecified atom stereocenters. The molecular weight excluding hydrogens is 474 g/mol. The van der Waals surface area contributed by atoms with Gasteiger partial charge < -0.3 is 10.6 Å². The first kappa shape index (κ1) is 25.8. The van der Waals surface area contributed by atoms with Gasteiger partial charge in [0, 0.05) is 24.2 Å². The second-order valence-corrected chi connectivity index (χ2v) is 7.96. The number of aryl methyl sites for hydroxylation is 1. The Morgan fingerprint density at radius 3 is 1.94 bits per heavy atom. The van der Waals surface area contributed by atoms with Crippen molar-refractivity contribution in [3.8, 4) is 0 Å². The fourth-order valence-electron chi connectivity index (χ4n) is 3.44. The molecule has 0 bridgehead atoms. The van der Waals surface area contributed by atoms with Crippen molar-refractivity contribution in [2.24, 2.45) is 0 Å². The molecule has 3 rings (SSSR count). The third kappa shape index (κ3) is 7.59. The number of carbonyl (C=O) groups excluding carboxylic acids is 2. The number of Topliss-reactive ketones (excluding diaryl/α,β-unsaturated/α-hetero) is 1. The summed E-state index contributed by atoms with van der Waals surface area (Å²) in [5.74, 6) is -0.325. The lowest BCUT2D eigenvalue weighted by Crippen LogP contribution is -2.20. The minimum Gasteiger partial charge on any atom is -0.308 e. The van der Waals surface area contributed by atoms with Gasteiger partial charge >= 0.3 is 18.4 Å². The minimum atomic E-state index is -4.75. The summed E-state index contributed by atoms with van der Waals surface area (Å²) >= 11 is 0. The molecule has 3 aromatic carbocycles. The van der Waals surface area contributed by atoms with E-state index in [1.54, 1.807) is 18.2 Å². The number of rotatable bonds is 6. The summed E-state index contributed by atoms with van der Waals surface area (Å²) in [5, 5.41) is 4.35. The Labute approximate surface area is 197 Å². The third-order valence-electron chi connectivity index (χ3n) is 4.91. The Bertz CT molecular complexity index is 1240. The second kappa shape index (κ2) is 10.2. The largest absolute Gasteiger partial charge is 0.416 e. The van der Waals surface area contributed by atoms with Gasteiger partial charge in [0.15, 0.2) is 0 Å². The van der Waals surface area contributed by atoms with Crippen LogP contribution in [0, 0.1) is 6.92 Å². The molecule has 10 heteroatoms. The standard InChI is InChI=1S/C25H20F6N2O2/c1-15-4-2-5-16(8-15)11-22(34)12-17-9-19(25(29,30)31)14-21(10-17)33-23(35)32-20-7-3-6-18(13-20)24(26,27)28/h2-10,13-14H,11-12H2,1H3,(H2,32,33,35). The summed E-state index contributed by atoms with van der Waals surface area (Å²) in [6.45, 7) is 1.85. The van der Waals surface area contributed by atoms with E-state index in [9.17, 15) is 35.9 Å². The van der Waals surface area contributed by atoms with Crippen LogP contribution in [0.15, 0.2) is 66.7 Å². The van der Waals surface area contributed by atoms with Crippen molar-refractivity contribution in [3.05, 3.63) is 94.5 Å². The molecule has 0 atom stereocenters. The molecule has 0 fully saturated rings. The summed E-state index contributed by atoms with van der Waals surface area (Å²) in [4.78, 5) is 24.7. The lowest BCUT2D eigenvalue weighted by molar-refractivity contribution is -0.138. The van der Waals surface area contributed by atoms with E-state index in [1.807, 2.05) is 13.0 Å². The van der Waals surface area contributed by atoms with E-state index >= 15 is 0 Å². The SMILES string of the molecule is Cc1cccc(CC(=O)Cc2cc(NC(=O)Nc3cccc(C(F)(F)F)c3)cc(C(F)(F)F)c2)c1. The molecule has 2 amide bonds. The van der Waals surface area contributed by atoms with Crippen LogP contribution >= 0.6 is 0 Å². The highest BCUT2D eigenvalue weighted by Crippen LogP contribution is 2.33. The molecule has 0 saturated carbocycles. The smallest absolute Gasteiger partial charge is 0.308 e. The maximum atomic E-state index is 13.4. The van der Waals surface area contributed by atoms with E-state index in [4.69, 9.17) is 0 Å². The van der Waals surface area contributed by atoms with Gasteiger partial charge in [0.2, 0.25) is 0 Å². The van der Waals surface area contributed by atoms with E-state index in [-0.39, 0.29) is 35.6 Å². The molecule has 3 aromatic rings. The summed E-state index contributed by atoms with van der Waals surface area (Å²) in [6.07, 6.45) is -9.66. The minimum absolute atomic E-state index is 0.0245. The Morgan fingerprint density at radius 1 is 0.686 bits per heavy atom. The van der Waals surface area contributed by atoms with Crippen molar-refractivity contribution in [2.45, 2.75) is 32.1 Å². The fraction of sp³-hybridized carbons (Fsp3) is 0.200. The van der Waals surface area contributed by atoms with Gasteiger partial charge in [0.05, 0.1) is 11.1 Å². The van der Waals surface area contributed by atoms with Gasteiger partial charge in [-0.1, -0.05) is 35.9 Å². The molecule has 4 nitrogen and oxygen atoms in total. The molecule has 0 radical (unpaired) electrons. The zero-order chi connectivity index (χ0) is 25.8. The third-order valence-corrected chi connectivity index (χ3v) is 4.91. The predicted octanol–water partition coefficient (Wildman–Crippen LogP) is 7.03. The van der Waals surface area contributed by atoms with Crippen LogP contribution in [-0.4, -0.2) is 11.8 Å². The lowest BCUT2D eigenvalue weighted by Gasteiger charge is -2.14.